The highest BCUT2D eigenvalue weighted by atomic mass is 16.5. The number of ether oxygens (including phenoxy) is 1. The maximum atomic E-state index is 7.16. The highest BCUT2D eigenvalue weighted by Gasteiger charge is 2.38. The van der Waals surface area contributed by atoms with Gasteiger partial charge in [0.1, 0.15) is 5.75 Å². The van der Waals surface area contributed by atoms with E-state index < -0.39 is 5.60 Å². The fourth-order valence-corrected chi connectivity index (χ4v) is 5.49. The molecule has 4 aromatic rings. The molecule has 0 radical (unpaired) electrons. The molecule has 0 atom stereocenters. The van der Waals surface area contributed by atoms with Crippen LogP contribution in [0.2, 0.25) is 0 Å². The van der Waals surface area contributed by atoms with E-state index in [0.29, 0.717) is 0 Å². The van der Waals surface area contributed by atoms with Gasteiger partial charge >= 0.3 is 0 Å². The molecule has 1 heteroatoms. The van der Waals surface area contributed by atoms with Crippen molar-refractivity contribution in [2.45, 2.75) is 45.1 Å². The standard InChI is InChI=1S/C31H28O/c1-21-11-15-23(16-12-21)31(24-17-13-22(2)14-18-24)20-19-29-27-9-4-3-7-25(27)26-8-5-6-10-28(26)30(29)32-31/h5-6,8,10-20H,3-4,7,9H2,1-2H3. The van der Waals surface area contributed by atoms with Gasteiger partial charge in [0.15, 0.2) is 5.60 Å². The minimum absolute atomic E-state index is 0.639. The smallest absolute Gasteiger partial charge is 0.178 e. The zero-order valence-electron chi connectivity index (χ0n) is 18.8. The zero-order valence-corrected chi connectivity index (χ0v) is 18.8. The summed E-state index contributed by atoms with van der Waals surface area (Å²) in [4.78, 5) is 0. The third-order valence-electron chi connectivity index (χ3n) is 7.24. The van der Waals surface area contributed by atoms with Crippen molar-refractivity contribution < 1.29 is 4.74 Å². The molecule has 0 fully saturated rings. The highest BCUT2D eigenvalue weighted by Crippen LogP contribution is 2.48. The lowest BCUT2D eigenvalue weighted by Crippen LogP contribution is -2.34. The highest BCUT2D eigenvalue weighted by molar-refractivity contribution is 5.97. The monoisotopic (exact) mass is 416 g/mol. The Balaban J connectivity index is 1.63. The predicted molar refractivity (Wildman–Crippen MR) is 133 cm³/mol. The molecule has 0 spiro atoms. The SMILES string of the molecule is Cc1ccc(C2(c3ccc(C)cc3)C=Cc3c4c(c5ccccc5c3O2)CCCC4)cc1. The van der Waals surface area contributed by atoms with E-state index >= 15 is 0 Å². The minimum atomic E-state index is -0.639. The van der Waals surface area contributed by atoms with Crippen LogP contribution in [0.1, 0.15) is 51.8 Å². The maximum Gasteiger partial charge on any atom is 0.178 e. The van der Waals surface area contributed by atoms with Crippen molar-refractivity contribution in [2.24, 2.45) is 0 Å². The molecular weight excluding hydrogens is 388 g/mol. The Hall–Kier alpha value is -3.32. The molecule has 6 rings (SSSR count). The van der Waals surface area contributed by atoms with E-state index in [-0.39, 0.29) is 0 Å². The summed E-state index contributed by atoms with van der Waals surface area (Å²) in [5, 5.41) is 2.59. The Morgan fingerprint density at radius 2 is 1.22 bits per heavy atom. The average Bonchev–Trinajstić information content (AvgIpc) is 2.85. The van der Waals surface area contributed by atoms with Gasteiger partial charge in [-0.05, 0) is 62.1 Å². The second-order valence-corrected chi connectivity index (χ2v) is 9.36. The van der Waals surface area contributed by atoms with Crippen LogP contribution in [0.5, 0.6) is 5.75 Å². The molecule has 1 aliphatic carbocycles. The number of rotatable bonds is 2. The third kappa shape index (κ3) is 2.92. The molecule has 0 amide bonds. The van der Waals surface area contributed by atoms with Crippen molar-refractivity contribution in [1.82, 2.24) is 0 Å². The summed E-state index contributed by atoms with van der Waals surface area (Å²) < 4.78 is 7.16. The van der Waals surface area contributed by atoms with Crippen LogP contribution in [0.15, 0.2) is 78.9 Å². The third-order valence-corrected chi connectivity index (χ3v) is 7.24. The van der Waals surface area contributed by atoms with E-state index in [1.807, 2.05) is 0 Å². The zero-order chi connectivity index (χ0) is 21.7. The Labute approximate surface area is 190 Å². The molecule has 0 saturated carbocycles. The van der Waals surface area contributed by atoms with Crippen molar-refractivity contribution in [1.29, 1.82) is 0 Å². The molecule has 4 aromatic carbocycles. The topological polar surface area (TPSA) is 9.23 Å². The van der Waals surface area contributed by atoms with Crippen LogP contribution in [0.25, 0.3) is 16.8 Å². The molecule has 0 unspecified atom stereocenters. The largest absolute Gasteiger partial charge is 0.472 e. The van der Waals surface area contributed by atoms with Gasteiger partial charge in [-0.1, -0.05) is 90.0 Å². The van der Waals surface area contributed by atoms with Crippen LogP contribution in [0.4, 0.5) is 0 Å². The Kier molecular flexibility index (Phi) is 4.47. The van der Waals surface area contributed by atoms with Crippen LogP contribution in [-0.2, 0) is 18.4 Å². The summed E-state index contributed by atoms with van der Waals surface area (Å²) in [7, 11) is 0. The number of fused-ring (bicyclic) bond motifs is 6. The Morgan fingerprint density at radius 3 is 1.84 bits per heavy atom. The van der Waals surface area contributed by atoms with Gasteiger partial charge in [-0.3, -0.25) is 0 Å². The van der Waals surface area contributed by atoms with Crippen molar-refractivity contribution >= 4 is 16.8 Å². The molecule has 32 heavy (non-hydrogen) atoms. The van der Waals surface area contributed by atoms with E-state index in [1.54, 1.807) is 0 Å². The van der Waals surface area contributed by atoms with Crippen LogP contribution in [-0.4, -0.2) is 0 Å². The summed E-state index contributed by atoms with van der Waals surface area (Å²) in [6, 6.07) is 26.4. The Morgan fingerprint density at radius 1 is 0.656 bits per heavy atom. The van der Waals surface area contributed by atoms with Crippen LogP contribution >= 0.6 is 0 Å². The van der Waals surface area contributed by atoms with Gasteiger partial charge < -0.3 is 4.74 Å². The van der Waals surface area contributed by atoms with Gasteiger partial charge in [-0.2, -0.15) is 0 Å². The van der Waals surface area contributed by atoms with Gasteiger partial charge in [0.2, 0.25) is 0 Å². The van der Waals surface area contributed by atoms with Crippen molar-refractivity contribution in [3.8, 4) is 5.75 Å². The molecule has 1 nitrogen and oxygen atoms in total. The van der Waals surface area contributed by atoms with Gasteiger partial charge in [-0.25, -0.2) is 0 Å². The van der Waals surface area contributed by atoms with E-state index in [4.69, 9.17) is 4.74 Å². The molecular formula is C31H28O. The van der Waals surface area contributed by atoms with Gasteiger partial charge in [0.25, 0.3) is 0 Å². The molecule has 0 aromatic heterocycles. The lowest BCUT2D eigenvalue weighted by atomic mass is 9.79. The van der Waals surface area contributed by atoms with Crippen LogP contribution in [0.3, 0.4) is 0 Å². The van der Waals surface area contributed by atoms with Crippen molar-refractivity contribution in [3.63, 3.8) is 0 Å². The molecule has 0 N–H and O–H groups in total. The van der Waals surface area contributed by atoms with Crippen LogP contribution in [0, 0.1) is 13.8 Å². The maximum absolute atomic E-state index is 7.16. The number of benzene rings is 4. The first-order valence-corrected chi connectivity index (χ1v) is 11.7. The summed E-state index contributed by atoms with van der Waals surface area (Å²) in [5.41, 5.74) is 8.50. The molecule has 1 heterocycles. The average molecular weight is 417 g/mol. The van der Waals surface area contributed by atoms with Crippen molar-refractivity contribution in [3.05, 3.63) is 118 Å². The fourth-order valence-electron chi connectivity index (χ4n) is 5.49. The summed E-state index contributed by atoms with van der Waals surface area (Å²) in [6.45, 7) is 4.27. The first-order chi connectivity index (χ1) is 15.7. The number of hydrogen-bond donors (Lipinski definition) is 0. The molecule has 158 valence electrons. The fraction of sp³-hybridized carbons (Fsp3) is 0.226. The molecule has 0 saturated heterocycles. The van der Waals surface area contributed by atoms with E-state index in [0.717, 1.165) is 29.7 Å². The summed E-state index contributed by atoms with van der Waals surface area (Å²) in [5.74, 6) is 1.03. The quantitative estimate of drug-likeness (QED) is 0.325. The predicted octanol–water partition coefficient (Wildman–Crippen LogP) is 7.68. The summed E-state index contributed by atoms with van der Waals surface area (Å²) in [6.07, 6.45) is 9.46. The van der Waals surface area contributed by atoms with Gasteiger partial charge in [0, 0.05) is 22.1 Å². The first-order valence-electron chi connectivity index (χ1n) is 11.7. The van der Waals surface area contributed by atoms with E-state index in [1.165, 1.54) is 51.4 Å². The molecule has 1 aliphatic heterocycles. The van der Waals surface area contributed by atoms with E-state index in [2.05, 4.69) is 98.8 Å². The lowest BCUT2D eigenvalue weighted by molar-refractivity contribution is 0.163. The van der Waals surface area contributed by atoms with Crippen molar-refractivity contribution in [2.75, 3.05) is 0 Å². The van der Waals surface area contributed by atoms with Gasteiger partial charge in [0.05, 0.1) is 0 Å². The molecule has 0 bridgehead atoms. The molecule has 2 aliphatic rings. The second kappa shape index (κ2) is 7.38. The summed E-state index contributed by atoms with van der Waals surface area (Å²) >= 11 is 0. The lowest BCUT2D eigenvalue weighted by Gasteiger charge is -2.38. The normalized spacial score (nSPS) is 16.3. The Bertz CT molecular complexity index is 1290. The number of aryl methyl sites for hydroxylation is 3. The second-order valence-electron chi connectivity index (χ2n) is 9.36. The number of hydrogen-bond acceptors (Lipinski definition) is 1. The van der Waals surface area contributed by atoms with E-state index in [9.17, 15) is 0 Å². The van der Waals surface area contributed by atoms with Gasteiger partial charge in [-0.15, -0.1) is 0 Å². The van der Waals surface area contributed by atoms with Crippen LogP contribution < -0.4 is 4.74 Å². The first kappa shape index (κ1) is 19.4. The minimum Gasteiger partial charge on any atom is -0.472 e.